The van der Waals surface area contributed by atoms with Gasteiger partial charge in [-0.15, -0.1) is 0 Å². The molecule has 1 nitrogen and oxygen atoms in total. The normalized spacial score (nSPS) is 27.1. The number of rotatable bonds is 8. The van der Waals surface area contributed by atoms with Crippen molar-refractivity contribution in [3.8, 4) is 17.6 Å². The van der Waals surface area contributed by atoms with Gasteiger partial charge in [0, 0.05) is 11.5 Å². The van der Waals surface area contributed by atoms with Crippen LogP contribution in [0.3, 0.4) is 0 Å². The van der Waals surface area contributed by atoms with E-state index in [2.05, 4.69) is 50.0 Å². The zero-order valence-corrected chi connectivity index (χ0v) is 18.9. The van der Waals surface area contributed by atoms with Crippen molar-refractivity contribution in [2.75, 3.05) is 6.61 Å². The summed E-state index contributed by atoms with van der Waals surface area (Å²) in [5.74, 6) is 11.6. The third-order valence-electron chi connectivity index (χ3n) is 7.29. The smallest absolute Gasteiger partial charge is 0.119 e. The number of ether oxygens (including phenoxy) is 1. The van der Waals surface area contributed by atoms with Crippen LogP contribution in [0.15, 0.2) is 24.3 Å². The molecule has 160 valence electrons. The summed E-state index contributed by atoms with van der Waals surface area (Å²) < 4.78 is 5.66. The molecule has 0 spiro atoms. The molecule has 0 N–H and O–H groups in total. The Kier molecular flexibility index (Phi) is 9.46. The van der Waals surface area contributed by atoms with Crippen LogP contribution in [0.4, 0.5) is 0 Å². The van der Waals surface area contributed by atoms with Gasteiger partial charge in [0.25, 0.3) is 0 Å². The molecule has 0 aliphatic heterocycles. The fourth-order valence-electron chi connectivity index (χ4n) is 5.41. The minimum atomic E-state index is 0.604. The van der Waals surface area contributed by atoms with E-state index in [4.69, 9.17) is 4.74 Å². The van der Waals surface area contributed by atoms with Crippen LogP contribution in [-0.2, 0) is 0 Å². The largest absolute Gasteiger partial charge is 0.494 e. The van der Waals surface area contributed by atoms with Gasteiger partial charge in [-0.05, 0) is 87.0 Å². The lowest BCUT2D eigenvalue weighted by Gasteiger charge is -2.37. The average molecular weight is 395 g/mol. The van der Waals surface area contributed by atoms with E-state index < -0.39 is 0 Å². The van der Waals surface area contributed by atoms with Crippen LogP contribution in [0.25, 0.3) is 0 Å². The zero-order chi connectivity index (χ0) is 20.3. The van der Waals surface area contributed by atoms with Crippen molar-refractivity contribution in [3.63, 3.8) is 0 Å². The standard InChI is InChI=1S/C28H42O/c1-3-5-6-7-23-10-16-26(17-11-23)27-18-12-24(13-19-27)8-9-25-14-20-28(21-15-25)29-22-4-2/h14-15,20-21,23-24,26-27H,3-7,10-13,16-19,22H2,1-2H3. The first kappa shape index (κ1) is 22.3. The monoisotopic (exact) mass is 394 g/mol. The van der Waals surface area contributed by atoms with E-state index >= 15 is 0 Å². The lowest BCUT2D eigenvalue weighted by atomic mass is 9.69. The van der Waals surface area contributed by atoms with Gasteiger partial charge >= 0.3 is 0 Å². The Balaban J connectivity index is 1.37. The quantitative estimate of drug-likeness (QED) is 0.320. The van der Waals surface area contributed by atoms with Gasteiger partial charge in [0.15, 0.2) is 0 Å². The summed E-state index contributed by atoms with van der Waals surface area (Å²) in [7, 11) is 0. The van der Waals surface area contributed by atoms with Crippen LogP contribution in [0.2, 0.25) is 0 Å². The van der Waals surface area contributed by atoms with Gasteiger partial charge < -0.3 is 4.74 Å². The average Bonchev–Trinajstić information content (AvgIpc) is 2.78. The third kappa shape index (κ3) is 7.40. The molecule has 3 rings (SSSR count). The van der Waals surface area contributed by atoms with Crippen molar-refractivity contribution in [1.82, 2.24) is 0 Å². The second kappa shape index (κ2) is 12.3. The molecule has 29 heavy (non-hydrogen) atoms. The molecule has 0 bridgehead atoms. The fourth-order valence-corrected chi connectivity index (χ4v) is 5.41. The second-order valence-corrected chi connectivity index (χ2v) is 9.53. The summed E-state index contributed by atoms with van der Waals surface area (Å²) in [6.45, 7) is 5.24. The lowest BCUT2D eigenvalue weighted by Crippen LogP contribution is -2.25. The molecule has 0 amide bonds. The highest BCUT2D eigenvalue weighted by molar-refractivity contribution is 5.38. The van der Waals surface area contributed by atoms with Gasteiger partial charge in [-0.3, -0.25) is 0 Å². The molecule has 0 atom stereocenters. The number of hydrogen-bond acceptors (Lipinski definition) is 1. The van der Waals surface area contributed by atoms with Crippen molar-refractivity contribution >= 4 is 0 Å². The minimum absolute atomic E-state index is 0.604. The molecule has 0 aromatic heterocycles. The van der Waals surface area contributed by atoms with Gasteiger partial charge in [-0.1, -0.05) is 64.2 Å². The summed E-state index contributed by atoms with van der Waals surface area (Å²) in [6, 6.07) is 8.30. The highest BCUT2D eigenvalue weighted by atomic mass is 16.5. The van der Waals surface area contributed by atoms with Gasteiger partial charge in [0.1, 0.15) is 5.75 Å². The van der Waals surface area contributed by atoms with Crippen molar-refractivity contribution < 1.29 is 4.74 Å². The lowest BCUT2D eigenvalue weighted by molar-refractivity contribution is 0.153. The molecule has 0 saturated heterocycles. The maximum Gasteiger partial charge on any atom is 0.119 e. The van der Waals surface area contributed by atoms with Crippen LogP contribution in [0, 0.1) is 35.5 Å². The van der Waals surface area contributed by atoms with E-state index in [0.29, 0.717) is 5.92 Å². The van der Waals surface area contributed by atoms with Gasteiger partial charge in [0.2, 0.25) is 0 Å². The molecule has 1 aromatic rings. The van der Waals surface area contributed by atoms with Gasteiger partial charge in [-0.2, -0.15) is 0 Å². The fraction of sp³-hybridized carbons (Fsp3) is 0.714. The number of hydrogen-bond donors (Lipinski definition) is 0. The Morgan fingerprint density at radius 3 is 2.07 bits per heavy atom. The predicted molar refractivity (Wildman–Crippen MR) is 124 cm³/mol. The number of benzene rings is 1. The van der Waals surface area contributed by atoms with Crippen molar-refractivity contribution in [2.45, 2.75) is 97.3 Å². The summed E-state index contributed by atoms with van der Waals surface area (Å²) in [5, 5.41) is 0. The van der Waals surface area contributed by atoms with Crippen molar-refractivity contribution in [3.05, 3.63) is 29.8 Å². The molecule has 1 aromatic carbocycles. The zero-order valence-electron chi connectivity index (χ0n) is 18.9. The maximum atomic E-state index is 5.66. The Morgan fingerprint density at radius 2 is 1.45 bits per heavy atom. The second-order valence-electron chi connectivity index (χ2n) is 9.53. The highest BCUT2D eigenvalue weighted by Crippen LogP contribution is 2.42. The highest BCUT2D eigenvalue weighted by Gasteiger charge is 2.30. The molecular formula is C28H42O. The maximum absolute atomic E-state index is 5.66. The van der Waals surface area contributed by atoms with Crippen LogP contribution in [-0.4, -0.2) is 6.61 Å². The Hall–Kier alpha value is -1.42. The van der Waals surface area contributed by atoms with E-state index in [0.717, 1.165) is 42.1 Å². The summed E-state index contributed by atoms with van der Waals surface area (Å²) in [5.41, 5.74) is 1.12. The topological polar surface area (TPSA) is 9.23 Å². The van der Waals surface area contributed by atoms with Crippen molar-refractivity contribution in [2.24, 2.45) is 23.7 Å². The van der Waals surface area contributed by atoms with Crippen LogP contribution >= 0.6 is 0 Å². The molecule has 2 saturated carbocycles. The summed E-state index contributed by atoms with van der Waals surface area (Å²) in [4.78, 5) is 0. The van der Waals surface area contributed by atoms with E-state index in [9.17, 15) is 0 Å². The predicted octanol–water partition coefficient (Wildman–Crippen LogP) is 8.02. The summed E-state index contributed by atoms with van der Waals surface area (Å²) in [6.07, 6.45) is 18.3. The minimum Gasteiger partial charge on any atom is -0.494 e. The van der Waals surface area contributed by atoms with Gasteiger partial charge in [0.05, 0.1) is 6.61 Å². The van der Waals surface area contributed by atoms with Crippen LogP contribution in [0.5, 0.6) is 5.75 Å². The Morgan fingerprint density at radius 1 is 0.793 bits per heavy atom. The molecule has 1 heteroatoms. The first-order valence-electron chi connectivity index (χ1n) is 12.5. The molecule has 0 heterocycles. The Labute approximate surface area is 180 Å². The first-order chi connectivity index (χ1) is 14.3. The first-order valence-corrected chi connectivity index (χ1v) is 12.5. The van der Waals surface area contributed by atoms with E-state index in [1.54, 1.807) is 0 Å². The van der Waals surface area contributed by atoms with Crippen LogP contribution in [0.1, 0.15) is 103 Å². The molecule has 0 radical (unpaired) electrons. The third-order valence-corrected chi connectivity index (χ3v) is 7.29. The number of unbranched alkanes of at least 4 members (excludes halogenated alkanes) is 2. The van der Waals surface area contributed by atoms with E-state index in [1.807, 2.05) is 0 Å². The van der Waals surface area contributed by atoms with Crippen molar-refractivity contribution in [1.29, 1.82) is 0 Å². The van der Waals surface area contributed by atoms with Crippen LogP contribution < -0.4 is 4.74 Å². The molecular weight excluding hydrogens is 352 g/mol. The molecule has 0 unspecified atom stereocenters. The van der Waals surface area contributed by atoms with E-state index in [1.165, 1.54) is 77.0 Å². The molecule has 2 fully saturated rings. The van der Waals surface area contributed by atoms with Gasteiger partial charge in [-0.25, -0.2) is 0 Å². The molecule has 2 aliphatic carbocycles. The Bertz CT molecular complexity index is 619. The molecule has 2 aliphatic rings. The summed E-state index contributed by atoms with van der Waals surface area (Å²) >= 11 is 0. The SMILES string of the molecule is CCCCCC1CCC(C2CCC(C#Cc3ccc(OCCC)cc3)CC2)CC1. The van der Waals surface area contributed by atoms with E-state index in [-0.39, 0.29) is 0 Å².